The first-order valence-corrected chi connectivity index (χ1v) is 9.78. The molecule has 152 valence electrons. The van der Waals surface area contributed by atoms with Crippen LogP contribution in [0.25, 0.3) is 10.9 Å². The van der Waals surface area contributed by atoms with Crippen molar-refractivity contribution in [2.45, 2.75) is 26.7 Å². The lowest BCUT2D eigenvalue weighted by Crippen LogP contribution is -2.39. The van der Waals surface area contributed by atoms with E-state index in [0.29, 0.717) is 23.3 Å². The maximum absolute atomic E-state index is 11.5. The molecule has 0 bridgehead atoms. The molecule has 7 nitrogen and oxygen atoms in total. The Balaban J connectivity index is 1.75. The molecular formula is C21H30N4O3. The summed E-state index contributed by atoms with van der Waals surface area (Å²) < 4.78 is 10.9. The first-order chi connectivity index (χ1) is 13.4. The number of ether oxygens (including phenoxy) is 2. The minimum Gasteiger partial charge on any atom is -0.493 e. The van der Waals surface area contributed by atoms with E-state index in [4.69, 9.17) is 9.47 Å². The molecule has 28 heavy (non-hydrogen) atoms. The summed E-state index contributed by atoms with van der Waals surface area (Å²) in [4.78, 5) is 24.6. The van der Waals surface area contributed by atoms with Gasteiger partial charge in [0, 0.05) is 45.1 Å². The summed E-state index contributed by atoms with van der Waals surface area (Å²) in [5.41, 5.74) is 0.848. The average molecular weight is 386 g/mol. The van der Waals surface area contributed by atoms with Crippen LogP contribution in [0.1, 0.15) is 26.7 Å². The van der Waals surface area contributed by atoms with Gasteiger partial charge in [-0.2, -0.15) is 0 Å². The summed E-state index contributed by atoms with van der Waals surface area (Å²) >= 11 is 0. The van der Waals surface area contributed by atoms with Crippen LogP contribution in [-0.4, -0.2) is 61.7 Å². The average Bonchev–Trinajstić information content (AvgIpc) is 2.72. The lowest BCUT2D eigenvalue weighted by atomic mass is 9.85. The number of carbonyl (C=O) groups excluding carboxylic acids is 1. The smallest absolute Gasteiger partial charge is 0.219 e. The van der Waals surface area contributed by atoms with Gasteiger partial charge in [0.05, 0.1) is 19.7 Å². The highest BCUT2D eigenvalue weighted by atomic mass is 16.5. The fraction of sp³-hybridized carbons (Fsp3) is 0.571. The Labute approximate surface area is 166 Å². The predicted molar refractivity (Wildman–Crippen MR) is 110 cm³/mol. The molecular weight excluding hydrogens is 356 g/mol. The molecule has 7 heteroatoms. The Bertz CT molecular complexity index is 834. The largest absolute Gasteiger partial charge is 0.493 e. The zero-order valence-electron chi connectivity index (χ0n) is 17.4. The Morgan fingerprint density at radius 3 is 2.46 bits per heavy atom. The molecule has 1 aromatic carbocycles. The number of amides is 1. The second kappa shape index (κ2) is 8.63. The molecule has 0 aliphatic carbocycles. The second-order valence-corrected chi connectivity index (χ2v) is 7.62. The van der Waals surface area contributed by atoms with E-state index in [1.807, 2.05) is 24.1 Å². The van der Waals surface area contributed by atoms with Gasteiger partial charge in [0.1, 0.15) is 12.1 Å². The zero-order valence-corrected chi connectivity index (χ0v) is 17.4. The molecule has 1 unspecified atom stereocenters. The third kappa shape index (κ3) is 4.13. The van der Waals surface area contributed by atoms with Crippen LogP contribution in [-0.2, 0) is 4.79 Å². The number of piperidine rings is 1. The van der Waals surface area contributed by atoms with Crippen molar-refractivity contribution in [3.05, 3.63) is 18.5 Å². The Hall–Kier alpha value is -2.57. The second-order valence-electron chi connectivity index (χ2n) is 7.62. The Morgan fingerprint density at radius 1 is 1.21 bits per heavy atom. The summed E-state index contributed by atoms with van der Waals surface area (Å²) in [6.07, 6.45) is 3.79. The van der Waals surface area contributed by atoms with Crippen LogP contribution in [0.4, 0.5) is 5.82 Å². The number of rotatable bonds is 6. The van der Waals surface area contributed by atoms with E-state index < -0.39 is 0 Å². The third-order valence-electron chi connectivity index (χ3n) is 5.86. The number of methoxy groups -OCH3 is 2. The lowest BCUT2D eigenvalue weighted by molar-refractivity contribution is -0.128. The molecule has 1 amide bonds. The number of benzene rings is 1. The molecule has 0 spiro atoms. The van der Waals surface area contributed by atoms with Crippen molar-refractivity contribution in [2.75, 3.05) is 45.8 Å². The first-order valence-electron chi connectivity index (χ1n) is 9.78. The van der Waals surface area contributed by atoms with Gasteiger partial charge in [-0.1, -0.05) is 6.92 Å². The van der Waals surface area contributed by atoms with Crippen LogP contribution in [0.5, 0.6) is 11.5 Å². The number of nitrogens with zero attached hydrogens (tertiary/aromatic N) is 4. The summed E-state index contributed by atoms with van der Waals surface area (Å²) in [7, 11) is 5.14. The summed E-state index contributed by atoms with van der Waals surface area (Å²) in [6.45, 7) is 6.57. The highest BCUT2D eigenvalue weighted by Gasteiger charge is 2.26. The predicted octanol–water partition coefficient (Wildman–Crippen LogP) is 2.98. The van der Waals surface area contributed by atoms with Crippen LogP contribution in [0.3, 0.4) is 0 Å². The standard InChI is InChI=1S/C21H30N4O3/c1-14(12-24(3)15(2)26)16-6-8-25(9-7-16)21-17-10-19(27-4)20(28-5)11-18(17)22-13-23-21/h10-11,13-14,16H,6-9,12H2,1-5H3. The van der Waals surface area contributed by atoms with Crippen molar-refractivity contribution in [3.8, 4) is 11.5 Å². The number of fused-ring (bicyclic) bond motifs is 1. The van der Waals surface area contributed by atoms with E-state index in [1.54, 1.807) is 27.5 Å². The van der Waals surface area contributed by atoms with Crippen LogP contribution in [0.2, 0.25) is 0 Å². The third-order valence-corrected chi connectivity index (χ3v) is 5.86. The number of aromatic nitrogens is 2. The van der Waals surface area contributed by atoms with E-state index in [2.05, 4.69) is 21.8 Å². The molecule has 3 rings (SSSR count). The van der Waals surface area contributed by atoms with Crippen molar-refractivity contribution < 1.29 is 14.3 Å². The molecule has 0 N–H and O–H groups in total. The van der Waals surface area contributed by atoms with Gasteiger partial charge < -0.3 is 19.3 Å². The molecule has 2 aromatic rings. The van der Waals surface area contributed by atoms with Gasteiger partial charge in [0.15, 0.2) is 11.5 Å². The highest BCUT2D eigenvalue weighted by Crippen LogP contribution is 2.36. The fourth-order valence-corrected chi connectivity index (χ4v) is 4.01. The molecule has 1 aliphatic rings. The molecule has 1 aliphatic heterocycles. The summed E-state index contributed by atoms with van der Waals surface area (Å²) in [6, 6.07) is 3.85. The zero-order chi connectivity index (χ0) is 20.3. The number of hydrogen-bond acceptors (Lipinski definition) is 6. The number of anilines is 1. The molecule has 1 saturated heterocycles. The van der Waals surface area contributed by atoms with Gasteiger partial charge in [0.2, 0.25) is 5.91 Å². The van der Waals surface area contributed by atoms with Gasteiger partial charge in [-0.15, -0.1) is 0 Å². The van der Waals surface area contributed by atoms with E-state index in [0.717, 1.165) is 49.2 Å². The SMILES string of the molecule is COc1cc2ncnc(N3CCC(C(C)CN(C)C(C)=O)CC3)c2cc1OC. The summed E-state index contributed by atoms with van der Waals surface area (Å²) in [5.74, 6) is 3.52. The fourth-order valence-electron chi connectivity index (χ4n) is 4.01. The molecule has 1 fully saturated rings. The van der Waals surface area contributed by atoms with Crippen molar-refractivity contribution in [3.63, 3.8) is 0 Å². The minimum atomic E-state index is 0.126. The van der Waals surface area contributed by atoms with Gasteiger partial charge in [-0.05, 0) is 30.7 Å². The molecule has 1 atom stereocenters. The van der Waals surface area contributed by atoms with E-state index in [1.165, 1.54) is 0 Å². The molecule has 0 radical (unpaired) electrons. The topological polar surface area (TPSA) is 67.8 Å². The van der Waals surface area contributed by atoms with Crippen LogP contribution in [0.15, 0.2) is 18.5 Å². The molecule has 0 saturated carbocycles. The van der Waals surface area contributed by atoms with E-state index in [-0.39, 0.29) is 5.91 Å². The van der Waals surface area contributed by atoms with Crippen LogP contribution in [0, 0.1) is 11.8 Å². The summed E-state index contributed by atoms with van der Waals surface area (Å²) in [5, 5.41) is 0.975. The van der Waals surface area contributed by atoms with E-state index in [9.17, 15) is 4.79 Å². The van der Waals surface area contributed by atoms with E-state index >= 15 is 0 Å². The van der Waals surface area contributed by atoms with Crippen LogP contribution < -0.4 is 14.4 Å². The van der Waals surface area contributed by atoms with Crippen molar-refractivity contribution in [2.24, 2.45) is 11.8 Å². The van der Waals surface area contributed by atoms with Crippen LogP contribution >= 0.6 is 0 Å². The monoisotopic (exact) mass is 386 g/mol. The highest BCUT2D eigenvalue weighted by molar-refractivity contribution is 5.92. The van der Waals surface area contributed by atoms with Gasteiger partial charge in [-0.3, -0.25) is 4.79 Å². The van der Waals surface area contributed by atoms with Crippen molar-refractivity contribution in [1.29, 1.82) is 0 Å². The van der Waals surface area contributed by atoms with Gasteiger partial charge >= 0.3 is 0 Å². The molecule has 1 aromatic heterocycles. The number of hydrogen-bond donors (Lipinski definition) is 0. The van der Waals surface area contributed by atoms with Gasteiger partial charge in [-0.25, -0.2) is 9.97 Å². The minimum absolute atomic E-state index is 0.126. The maximum Gasteiger partial charge on any atom is 0.219 e. The van der Waals surface area contributed by atoms with Gasteiger partial charge in [0.25, 0.3) is 0 Å². The maximum atomic E-state index is 11.5. The normalized spacial score (nSPS) is 16.1. The molecule has 2 heterocycles. The Morgan fingerprint density at radius 2 is 1.86 bits per heavy atom. The van der Waals surface area contributed by atoms with Crippen molar-refractivity contribution >= 4 is 22.6 Å². The lowest BCUT2D eigenvalue weighted by Gasteiger charge is -2.37. The Kier molecular flexibility index (Phi) is 6.21. The first kappa shape index (κ1) is 20.2. The quantitative estimate of drug-likeness (QED) is 0.760. The number of carbonyl (C=O) groups is 1. The van der Waals surface area contributed by atoms with Crippen molar-refractivity contribution in [1.82, 2.24) is 14.9 Å².